The van der Waals surface area contributed by atoms with Crippen molar-refractivity contribution in [2.75, 3.05) is 52.7 Å². The Morgan fingerprint density at radius 3 is 2.33 bits per heavy atom. The second-order valence-electron chi connectivity index (χ2n) is 4.25. The molecule has 1 N–H and O–H groups in total. The Hall–Kier alpha value is -1.34. The number of nitrogens with zero attached hydrogens (tertiary/aromatic N) is 3. The topological polar surface area (TPSA) is 106 Å². The summed E-state index contributed by atoms with van der Waals surface area (Å²) in [6.45, 7) is 5.75. The molecule has 0 saturated carbocycles. The summed E-state index contributed by atoms with van der Waals surface area (Å²) in [5.41, 5.74) is 8.04. The van der Waals surface area contributed by atoms with Crippen LogP contribution < -0.4 is 5.32 Å². The fourth-order valence-electron chi connectivity index (χ4n) is 1.38. The van der Waals surface area contributed by atoms with Gasteiger partial charge in [0.05, 0.1) is 39.6 Å². The number of hydrogen-bond donors (Lipinski definition) is 1. The fourth-order valence-corrected chi connectivity index (χ4v) is 1.38. The minimum Gasteiger partial charge on any atom is -0.379 e. The minimum atomic E-state index is 0.0783. The average Bonchev–Trinajstić information content (AvgIpc) is 2.49. The zero-order valence-electron chi connectivity index (χ0n) is 12.8. The highest BCUT2D eigenvalue weighted by molar-refractivity contribution is 5.75. The van der Waals surface area contributed by atoms with E-state index in [0.717, 1.165) is 12.8 Å². The lowest BCUT2D eigenvalue weighted by Crippen LogP contribution is -2.27. The van der Waals surface area contributed by atoms with E-state index < -0.39 is 0 Å². The van der Waals surface area contributed by atoms with Crippen LogP contribution >= 0.6 is 0 Å². The second kappa shape index (κ2) is 16.7. The molecule has 0 aliphatic heterocycles. The summed E-state index contributed by atoms with van der Waals surface area (Å²) in [6.07, 6.45) is 2.53. The predicted octanol–water partition coefficient (Wildman–Crippen LogP) is 1.65. The molecule has 0 unspecified atom stereocenters. The Morgan fingerprint density at radius 1 is 1.10 bits per heavy atom. The van der Waals surface area contributed by atoms with Gasteiger partial charge in [0.2, 0.25) is 5.91 Å². The highest BCUT2D eigenvalue weighted by Gasteiger charge is 1.98. The maximum atomic E-state index is 11.3. The maximum Gasteiger partial charge on any atom is 0.220 e. The van der Waals surface area contributed by atoms with Crippen molar-refractivity contribution in [2.24, 2.45) is 5.11 Å². The third kappa shape index (κ3) is 16.6. The number of amides is 1. The maximum absolute atomic E-state index is 11.3. The lowest BCUT2D eigenvalue weighted by atomic mass is 10.2. The van der Waals surface area contributed by atoms with Crippen LogP contribution in [0.2, 0.25) is 0 Å². The van der Waals surface area contributed by atoms with Gasteiger partial charge >= 0.3 is 0 Å². The molecular weight excluding hydrogens is 276 g/mol. The molecule has 0 fully saturated rings. The van der Waals surface area contributed by atoms with Crippen molar-refractivity contribution >= 4 is 5.91 Å². The van der Waals surface area contributed by atoms with Gasteiger partial charge in [0, 0.05) is 24.4 Å². The van der Waals surface area contributed by atoms with Crippen LogP contribution in [0.4, 0.5) is 0 Å². The van der Waals surface area contributed by atoms with Gasteiger partial charge in [0.1, 0.15) is 0 Å². The molecule has 0 saturated heterocycles. The standard InChI is InChI=1S/C13H26N4O4/c1-2-3-4-13(18)15-5-7-19-9-11-21-12-10-20-8-6-16-17-14/h2-12H2,1H3,(H,15,18). The Morgan fingerprint density at radius 2 is 1.71 bits per heavy atom. The molecule has 21 heavy (non-hydrogen) atoms. The van der Waals surface area contributed by atoms with Gasteiger partial charge in [0.15, 0.2) is 0 Å². The minimum absolute atomic E-state index is 0.0783. The highest BCUT2D eigenvalue weighted by Crippen LogP contribution is 1.92. The molecule has 0 rings (SSSR count). The molecule has 8 heteroatoms. The van der Waals surface area contributed by atoms with Crippen molar-refractivity contribution in [3.63, 3.8) is 0 Å². The number of rotatable bonds is 15. The first-order valence-electron chi connectivity index (χ1n) is 7.32. The lowest BCUT2D eigenvalue weighted by Gasteiger charge is -2.07. The molecule has 0 aliphatic carbocycles. The number of ether oxygens (including phenoxy) is 3. The van der Waals surface area contributed by atoms with Gasteiger partial charge < -0.3 is 19.5 Å². The molecule has 0 aromatic heterocycles. The molecule has 0 bridgehead atoms. The zero-order valence-corrected chi connectivity index (χ0v) is 12.8. The average molecular weight is 302 g/mol. The Kier molecular flexibility index (Phi) is 15.6. The van der Waals surface area contributed by atoms with Crippen molar-refractivity contribution in [1.29, 1.82) is 0 Å². The SMILES string of the molecule is CCCCC(=O)NCCOCCOCCOCCN=[N+]=[N-]. The summed E-state index contributed by atoms with van der Waals surface area (Å²) < 4.78 is 15.8. The third-order valence-corrected chi connectivity index (χ3v) is 2.47. The van der Waals surface area contributed by atoms with Gasteiger partial charge in [-0.1, -0.05) is 18.5 Å². The van der Waals surface area contributed by atoms with Crippen LogP contribution in [0.5, 0.6) is 0 Å². The van der Waals surface area contributed by atoms with Gasteiger partial charge in [-0.2, -0.15) is 0 Å². The lowest BCUT2D eigenvalue weighted by molar-refractivity contribution is -0.121. The van der Waals surface area contributed by atoms with Crippen molar-refractivity contribution in [3.8, 4) is 0 Å². The summed E-state index contributed by atoms with van der Waals surface area (Å²) in [7, 11) is 0. The van der Waals surface area contributed by atoms with E-state index in [1.807, 2.05) is 0 Å². The quantitative estimate of drug-likeness (QED) is 0.215. The molecule has 0 aliphatic rings. The van der Waals surface area contributed by atoms with Crippen molar-refractivity contribution in [1.82, 2.24) is 5.32 Å². The molecule has 1 amide bonds. The van der Waals surface area contributed by atoms with Crippen LogP contribution in [-0.4, -0.2) is 58.6 Å². The van der Waals surface area contributed by atoms with E-state index in [2.05, 4.69) is 22.3 Å². The van der Waals surface area contributed by atoms with Gasteiger partial charge in [0.25, 0.3) is 0 Å². The third-order valence-electron chi connectivity index (χ3n) is 2.47. The molecule has 122 valence electrons. The van der Waals surface area contributed by atoms with E-state index in [1.54, 1.807) is 0 Å². The number of carbonyl (C=O) groups excluding carboxylic acids is 1. The van der Waals surface area contributed by atoms with Crippen LogP contribution in [-0.2, 0) is 19.0 Å². The molecule has 0 aromatic rings. The number of unbranched alkanes of at least 4 members (excludes halogenated alkanes) is 1. The van der Waals surface area contributed by atoms with Crippen molar-refractivity contribution in [3.05, 3.63) is 10.4 Å². The molecule has 0 spiro atoms. The van der Waals surface area contributed by atoms with Crippen molar-refractivity contribution in [2.45, 2.75) is 26.2 Å². The van der Waals surface area contributed by atoms with E-state index in [9.17, 15) is 4.79 Å². The molecule has 0 aromatic carbocycles. The van der Waals surface area contributed by atoms with Crippen LogP contribution in [0.15, 0.2) is 5.11 Å². The largest absolute Gasteiger partial charge is 0.379 e. The summed E-state index contributed by atoms with van der Waals surface area (Å²) in [5.74, 6) is 0.0783. The van der Waals surface area contributed by atoms with Crippen LogP contribution in [0.25, 0.3) is 10.4 Å². The van der Waals surface area contributed by atoms with E-state index in [0.29, 0.717) is 59.2 Å². The van der Waals surface area contributed by atoms with Crippen molar-refractivity contribution < 1.29 is 19.0 Å². The number of hydrogen-bond acceptors (Lipinski definition) is 5. The van der Waals surface area contributed by atoms with Crippen LogP contribution in [0.1, 0.15) is 26.2 Å². The Labute approximate surface area is 125 Å². The molecule has 0 radical (unpaired) electrons. The van der Waals surface area contributed by atoms with E-state index >= 15 is 0 Å². The fraction of sp³-hybridized carbons (Fsp3) is 0.923. The van der Waals surface area contributed by atoms with E-state index in [1.165, 1.54) is 0 Å². The van der Waals surface area contributed by atoms with Gasteiger partial charge in [-0.05, 0) is 12.0 Å². The number of carbonyl (C=O) groups is 1. The number of azide groups is 1. The molecule has 8 nitrogen and oxygen atoms in total. The van der Waals surface area contributed by atoms with Gasteiger partial charge in [-0.15, -0.1) is 0 Å². The smallest absolute Gasteiger partial charge is 0.220 e. The van der Waals surface area contributed by atoms with E-state index in [4.69, 9.17) is 19.7 Å². The van der Waals surface area contributed by atoms with Crippen LogP contribution in [0, 0.1) is 0 Å². The highest BCUT2D eigenvalue weighted by atomic mass is 16.5. The summed E-state index contributed by atoms with van der Waals surface area (Å²) in [4.78, 5) is 13.9. The van der Waals surface area contributed by atoms with Gasteiger partial charge in [-0.25, -0.2) is 0 Å². The summed E-state index contributed by atoms with van der Waals surface area (Å²) in [5, 5.41) is 6.14. The zero-order chi connectivity index (χ0) is 15.6. The predicted molar refractivity (Wildman–Crippen MR) is 79.0 cm³/mol. The molecule has 0 atom stereocenters. The first-order valence-corrected chi connectivity index (χ1v) is 7.32. The van der Waals surface area contributed by atoms with E-state index in [-0.39, 0.29) is 5.91 Å². The molecule has 0 heterocycles. The second-order valence-corrected chi connectivity index (χ2v) is 4.25. The monoisotopic (exact) mass is 302 g/mol. The van der Waals surface area contributed by atoms with Crippen LogP contribution in [0.3, 0.4) is 0 Å². The number of nitrogens with one attached hydrogen (secondary N) is 1. The Balaban J connectivity index is 3.08. The Bertz CT molecular complexity index is 296. The molecular formula is C13H26N4O4. The first kappa shape index (κ1) is 19.7. The van der Waals surface area contributed by atoms with Gasteiger partial charge in [-0.3, -0.25) is 4.79 Å². The summed E-state index contributed by atoms with van der Waals surface area (Å²) in [6, 6.07) is 0. The first-order chi connectivity index (χ1) is 10.3. The normalized spacial score (nSPS) is 10.1. The summed E-state index contributed by atoms with van der Waals surface area (Å²) >= 11 is 0.